The lowest BCUT2D eigenvalue weighted by molar-refractivity contribution is 0.0526. The van der Waals surface area contributed by atoms with Crippen LogP contribution in [0.25, 0.3) is 22.2 Å². The molecular formula is C23H20N2O4S. The van der Waals surface area contributed by atoms with Crippen LogP contribution in [0.1, 0.15) is 22.8 Å². The van der Waals surface area contributed by atoms with E-state index >= 15 is 0 Å². The highest BCUT2D eigenvalue weighted by Gasteiger charge is 2.22. The third-order valence-electron chi connectivity index (χ3n) is 4.80. The van der Waals surface area contributed by atoms with E-state index in [-0.39, 0.29) is 11.5 Å². The van der Waals surface area contributed by atoms with Crippen molar-refractivity contribution in [1.82, 2.24) is 8.96 Å². The minimum Gasteiger partial charge on any atom is -0.462 e. The Morgan fingerprint density at radius 2 is 1.80 bits per heavy atom. The molecule has 30 heavy (non-hydrogen) atoms. The van der Waals surface area contributed by atoms with Gasteiger partial charge in [-0.2, -0.15) is 0 Å². The SMILES string of the molecule is CCOC(=O)c1ccnc(-c2cn(S(=O)(=O)c3ccc(C)cc3)c3ccccc23)c1. The molecule has 0 bridgehead atoms. The first-order valence-electron chi connectivity index (χ1n) is 9.47. The van der Waals surface area contributed by atoms with Crippen molar-refractivity contribution < 1.29 is 17.9 Å². The van der Waals surface area contributed by atoms with Gasteiger partial charge in [-0.3, -0.25) is 4.98 Å². The van der Waals surface area contributed by atoms with Gasteiger partial charge < -0.3 is 4.74 Å². The number of hydrogen-bond donors (Lipinski definition) is 0. The average molecular weight is 420 g/mol. The maximum Gasteiger partial charge on any atom is 0.338 e. The molecule has 6 nitrogen and oxygen atoms in total. The predicted octanol–water partition coefficient (Wildman–Crippen LogP) is 4.43. The number of carbonyl (C=O) groups is 1. The lowest BCUT2D eigenvalue weighted by Crippen LogP contribution is -2.11. The summed E-state index contributed by atoms with van der Waals surface area (Å²) in [6, 6.07) is 17.1. The molecule has 0 saturated heterocycles. The molecule has 2 aromatic carbocycles. The zero-order chi connectivity index (χ0) is 21.3. The number of rotatable bonds is 5. The van der Waals surface area contributed by atoms with E-state index in [1.807, 2.05) is 19.1 Å². The molecule has 2 aromatic heterocycles. The Morgan fingerprint density at radius 3 is 2.53 bits per heavy atom. The van der Waals surface area contributed by atoms with Gasteiger partial charge in [0.15, 0.2) is 0 Å². The molecule has 0 amide bonds. The van der Waals surface area contributed by atoms with Crippen LogP contribution >= 0.6 is 0 Å². The maximum absolute atomic E-state index is 13.3. The number of esters is 1. The highest BCUT2D eigenvalue weighted by molar-refractivity contribution is 7.90. The summed E-state index contributed by atoms with van der Waals surface area (Å²) in [6.07, 6.45) is 3.07. The summed E-state index contributed by atoms with van der Waals surface area (Å²) in [6.45, 7) is 3.91. The number of aryl methyl sites for hydroxylation is 1. The molecule has 0 aliphatic rings. The quantitative estimate of drug-likeness (QED) is 0.447. The molecule has 4 aromatic rings. The van der Waals surface area contributed by atoms with Crippen molar-refractivity contribution in [2.75, 3.05) is 6.61 Å². The van der Waals surface area contributed by atoms with Crippen molar-refractivity contribution in [3.8, 4) is 11.3 Å². The smallest absolute Gasteiger partial charge is 0.338 e. The third kappa shape index (κ3) is 3.48. The average Bonchev–Trinajstić information content (AvgIpc) is 3.15. The molecule has 0 unspecified atom stereocenters. The molecule has 0 atom stereocenters. The number of benzene rings is 2. The Labute approximate surface area is 174 Å². The minimum absolute atomic E-state index is 0.202. The molecule has 0 saturated carbocycles. The first kappa shape index (κ1) is 19.8. The van der Waals surface area contributed by atoms with E-state index in [0.29, 0.717) is 22.3 Å². The first-order chi connectivity index (χ1) is 14.4. The molecule has 0 radical (unpaired) electrons. The van der Waals surface area contributed by atoms with Crippen LogP contribution in [0.4, 0.5) is 0 Å². The van der Waals surface area contributed by atoms with Crippen molar-refractivity contribution in [2.24, 2.45) is 0 Å². The molecule has 0 spiro atoms. The second-order valence-corrected chi connectivity index (χ2v) is 8.64. The van der Waals surface area contributed by atoms with Crippen molar-refractivity contribution in [3.05, 3.63) is 84.2 Å². The monoisotopic (exact) mass is 420 g/mol. The first-order valence-corrected chi connectivity index (χ1v) is 10.9. The highest BCUT2D eigenvalue weighted by atomic mass is 32.2. The molecule has 0 N–H and O–H groups in total. The van der Waals surface area contributed by atoms with E-state index in [2.05, 4.69) is 4.98 Å². The fourth-order valence-corrected chi connectivity index (χ4v) is 4.67. The van der Waals surface area contributed by atoms with Crippen LogP contribution in [0.5, 0.6) is 0 Å². The van der Waals surface area contributed by atoms with E-state index in [1.54, 1.807) is 61.7 Å². The summed E-state index contributed by atoms with van der Waals surface area (Å²) >= 11 is 0. The summed E-state index contributed by atoms with van der Waals surface area (Å²) in [7, 11) is -3.81. The summed E-state index contributed by atoms with van der Waals surface area (Å²) in [5.74, 6) is -0.447. The standard InChI is InChI=1S/C23H20N2O4S/c1-3-29-23(26)17-12-13-24-21(14-17)20-15-25(22-7-5-4-6-19(20)22)30(27,28)18-10-8-16(2)9-11-18/h4-15H,3H2,1-2H3. The van der Waals surface area contributed by atoms with E-state index < -0.39 is 16.0 Å². The summed E-state index contributed by atoms with van der Waals surface area (Å²) in [4.78, 5) is 16.7. The summed E-state index contributed by atoms with van der Waals surface area (Å²) in [5.41, 5.74) is 2.99. The molecule has 0 aliphatic heterocycles. The Morgan fingerprint density at radius 1 is 1.07 bits per heavy atom. The van der Waals surface area contributed by atoms with Crippen LogP contribution in [-0.4, -0.2) is 30.0 Å². The molecule has 7 heteroatoms. The Balaban J connectivity index is 1.90. The van der Waals surface area contributed by atoms with Crippen LogP contribution in [0.2, 0.25) is 0 Å². The Bertz CT molecular complexity index is 1340. The largest absolute Gasteiger partial charge is 0.462 e. The topological polar surface area (TPSA) is 78.3 Å². The van der Waals surface area contributed by atoms with Gasteiger partial charge >= 0.3 is 5.97 Å². The summed E-state index contributed by atoms with van der Waals surface area (Å²) in [5, 5.41) is 0.724. The molecular weight excluding hydrogens is 400 g/mol. The van der Waals surface area contributed by atoms with Gasteiger partial charge in [0, 0.05) is 23.3 Å². The highest BCUT2D eigenvalue weighted by Crippen LogP contribution is 2.32. The number of para-hydroxylation sites is 1. The van der Waals surface area contributed by atoms with Gasteiger partial charge in [0.2, 0.25) is 0 Å². The van der Waals surface area contributed by atoms with Crippen LogP contribution in [0, 0.1) is 6.92 Å². The number of fused-ring (bicyclic) bond motifs is 1. The summed E-state index contributed by atoms with van der Waals surface area (Å²) < 4.78 is 33.0. The van der Waals surface area contributed by atoms with Crippen LogP contribution in [0.15, 0.2) is 78.0 Å². The fraction of sp³-hybridized carbons (Fsp3) is 0.130. The van der Waals surface area contributed by atoms with E-state index in [4.69, 9.17) is 4.74 Å². The minimum atomic E-state index is -3.81. The van der Waals surface area contributed by atoms with Crippen LogP contribution in [0.3, 0.4) is 0 Å². The predicted molar refractivity (Wildman–Crippen MR) is 115 cm³/mol. The third-order valence-corrected chi connectivity index (χ3v) is 6.49. The van der Waals surface area contributed by atoms with Crippen molar-refractivity contribution in [3.63, 3.8) is 0 Å². The molecule has 152 valence electrons. The maximum atomic E-state index is 13.3. The molecule has 0 fully saturated rings. The van der Waals surface area contributed by atoms with Gasteiger partial charge in [-0.15, -0.1) is 0 Å². The van der Waals surface area contributed by atoms with Gasteiger partial charge in [-0.25, -0.2) is 17.2 Å². The number of carbonyl (C=O) groups excluding carboxylic acids is 1. The van der Waals surface area contributed by atoms with Gasteiger partial charge in [0.05, 0.1) is 28.3 Å². The lowest BCUT2D eigenvalue weighted by atomic mass is 10.1. The number of nitrogens with zero attached hydrogens (tertiary/aromatic N) is 2. The second-order valence-electron chi connectivity index (χ2n) is 6.82. The molecule has 4 rings (SSSR count). The lowest BCUT2D eigenvalue weighted by Gasteiger charge is -2.07. The van der Waals surface area contributed by atoms with Crippen molar-refractivity contribution >= 4 is 26.9 Å². The second kappa shape index (κ2) is 7.76. The number of ether oxygens (including phenoxy) is 1. The zero-order valence-corrected chi connectivity index (χ0v) is 17.4. The number of aromatic nitrogens is 2. The van der Waals surface area contributed by atoms with Crippen molar-refractivity contribution in [2.45, 2.75) is 18.7 Å². The Hall–Kier alpha value is -3.45. The molecule has 0 aliphatic carbocycles. The molecule has 2 heterocycles. The fourth-order valence-electron chi connectivity index (χ4n) is 3.30. The van der Waals surface area contributed by atoms with Gasteiger partial charge in [0.25, 0.3) is 10.0 Å². The van der Waals surface area contributed by atoms with Crippen LogP contribution in [-0.2, 0) is 14.8 Å². The Kier molecular flexibility index (Phi) is 5.13. The normalized spacial score (nSPS) is 11.5. The number of pyridine rings is 1. The van der Waals surface area contributed by atoms with E-state index in [1.165, 1.54) is 10.2 Å². The number of hydrogen-bond acceptors (Lipinski definition) is 5. The van der Waals surface area contributed by atoms with E-state index in [9.17, 15) is 13.2 Å². The van der Waals surface area contributed by atoms with E-state index in [0.717, 1.165) is 10.9 Å². The van der Waals surface area contributed by atoms with Gasteiger partial charge in [-0.1, -0.05) is 35.9 Å². The van der Waals surface area contributed by atoms with Crippen molar-refractivity contribution in [1.29, 1.82) is 0 Å². The van der Waals surface area contributed by atoms with Gasteiger partial charge in [-0.05, 0) is 44.2 Å². The van der Waals surface area contributed by atoms with Gasteiger partial charge in [0.1, 0.15) is 0 Å². The van der Waals surface area contributed by atoms with Crippen LogP contribution < -0.4 is 0 Å². The zero-order valence-electron chi connectivity index (χ0n) is 16.6.